The highest BCUT2D eigenvalue weighted by Gasteiger charge is 2.38. The summed E-state index contributed by atoms with van der Waals surface area (Å²) in [7, 11) is 0. The molecule has 7 nitrogen and oxygen atoms in total. The molecule has 166 valence electrons. The zero-order chi connectivity index (χ0) is 21.8. The van der Waals surface area contributed by atoms with Gasteiger partial charge in [0.1, 0.15) is 11.7 Å². The van der Waals surface area contributed by atoms with Crippen molar-refractivity contribution >= 4 is 35.1 Å². The number of halogens is 1. The molecule has 1 saturated carbocycles. The number of nitrogens with one attached hydrogen (secondary N) is 1. The lowest BCUT2D eigenvalue weighted by atomic mass is 9.83. The average Bonchev–Trinajstić information content (AvgIpc) is 3.49. The molecular formula is C22H28ClN5O2S. The molecular weight excluding hydrogens is 434 g/mol. The van der Waals surface area contributed by atoms with Gasteiger partial charge in [-0.1, -0.05) is 36.9 Å². The predicted molar refractivity (Wildman–Crippen MR) is 121 cm³/mol. The SMILES string of the molecule is N[C@@H](C(=O)N1CCC[C@H]1C(=O)NCc1cc(Cl)ccc1-c1cnsn1)C1CCCCC1. The molecule has 0 spiro atoms. The fourth-order valence-corrected chi connectivity index (χ4v) is 5.35. The van der Waals surface area contributed by atoms with Gasteiger partial charge in [0, 0.05) is 23.7 Å². The molecule has 1 aliphatic carbocycles. The number of nitrogens with two attached hydrogens (primary N) is 1. The van der Waals surface area contributed by atoms with Crippen molar-refractivity contribution in [3.63, 3.8) is 0 Å². The Labute approximate surface area is 191 Å². The molecule has 1 aromatic carbocycles. The molecule has 2 aromatic rings. The van der Waals surface area contributed by atoms with Crippen molar-refractivity contribution in [3.8, 4) is 11.3 Å². The van der Waals surface area contributed by atoms with Gasteiger partial charge in [-0.15, -0.1) is 0 Å². The van der Waals surface area contributed by atoms with Gasteiger partial charge in [-0.3, -0.25) is 9.59 Å². The second-order valence-corrected chi connectivity index (χ2v) is 9.42. The number of hydrogen-bond acceptors (Lipinski definition) is 6. The number of carbonyl (C=O) groups is 2. The van der Waals surface area contributed by atoms with Crippen LogP contribution in [0, 0.1) is 5.92 Å². The number of nitrogens with zero attached hydrogens (tertiary/aromatic N) is 3. The van der Waals surface area contributed by atoms with Crippen LogP contribution in [0.4, 0.5) is 0 Å². The van der Waals surface area contributed by atoms with Gasteiger partial charge in [-0.05, 0) is 49.3 Å². The van der Waals surface area contributed by atoms with Gasteiger partial charge in [-0.2, -0.15) is 8.75 Å². The third-order valence-electron chi connectivity index (χ3n) is 6.44. The summed E-state index contributed by atoms with van der Waals surface area (Å²) in [5, 5.41) is 3.59. The van der Waals surface area contributed by atoms with E-state index in [2.05, 4.69) is 14.1 Å². The van der Waals surface area contributed by atoms with Crippen LogP contribution >= 0.6 is 23.3 Å². The van der Waals surface area contributed by atoms with Gasteiger partial charge in [0.25, 0.3) is 0 Å². The molecule has 9 heteroatoms. The highest BCUT2D eigenvalue weighted by molar-refractivity contribution is 6.99. The first-order valence-corrected chi connectivity index (χ1v) is 12.1. The lowest BCUT2D eigenvalue weighted by Gasteiger charge is -2.32. The predicted octanol–water partition coefficient (Wildman–Crippen LogP) is 3.37. The molecule has 0 unspecified atom stereocenters. The van der Waals surface area contributed by atoms with Crippen LogP contribution in [0.1, 0.15) is 50.5 Å². The van der Waals surface area contributed by atoms with E-state index in [1.165, 1.54) is 6.42 Å². The quantitative estimate of drug-likeness (QED) is 0.686. The second kappa shape index (κ2) is 10.1. The third-order valence-corrected chi connectivity index (χ3v) is 7.15. The molecule has 2 atom stereocenters. The van der Waals surface area contributed by atoms with E-state index >= 15 is 0 Å². The highest BCUT2D eigenvalue weighted by Crippen LogP contribution is 2.29. The Kier molecular flexibility index (Phi) is 7.20. The van der Waals surface area contributed by atoms with E-state index in [-0.39, 0.29) is 17.7 Å². The number of benzene rings is 1. The maximum atomic E-state index is 13.1. The van der Waals surface area contributed by atoms with E-state index in [1.807, 2.05) is 12.1 Å². The molecule has 2 fully saturated rings. The summed E-state index contributed by atoms with van der Waals surface area (Å²) < 4.78 is 8.35. The van der Waals surface area contributed by atoms with Crippen molar-refractivity contribution in [2.75, 3.05) is 6.54 Å². The maximum Gasteiger partial charge on any atom is 0.243 e. The zero-order valence-corrected chi connectivity index (χ0v) is 19.0. The molecule has 1 aliphatic heterocycles. The fourth-order valence-electron chi connectivity index (χ4n) is 4.73. The van der Waals surface area contributed by atoms with E-state index in [0.717, 1.165) is 60.7 Å². The molecule has 1 aromatic heterocycles. The minimum Gasteiger partial charge on any atom is -0.350 e. The van der Waals surface area contributed by atoms with Crippen LogP contribution in [0.25, 0.3) is 11.3 Å². The smallest absolute Gasteiger partial charge is 0.243 e. The monoisotopic (exact) mass is 461 g/mol. The van der Waals surface area contributed by atoms with Crippen molar-refractivity contribution in [1.82, 2.24) is 19.0 Å². The van der Waals surface area contributed by atoms with Crippen LogP contribution in [0.2, 0.25) is 5.02 Å². The lowest BCUT2D eigenvalue weighted by molar-refractivity contribution is -0.140. The van der Waals surface area contributed by atoms with Crippen molar-refractivity contribution in [1.29, 1.82) is 0 Å². The second-order valence-electron chi connectivity index (χ2n) is 8.43. The summed E-state index contributed by atoms with van der Waals surface area (Å²) in [4.78, 5) is 27.8. The van der Waals surface area contributed by atoms with Crippen LogP contribution in [0.5, 0.6) is 0 Å². The molecule has 2 amide bonds. The van der Waals surface area contributed by atoms with Gasteiger partial charge in [-0.25, -0.2) is 0 Å². The molecule has 3 N–H and O–H groups in total. The average molecular weight is 462 g/mol. The Bertz CT molecular complexity index is 917. The number of rotatable bonds is 6. The maximum absolute atomic E-state index is 13.1. The summed E-state index contributed by atoms with van der Waals surface area (Å²) in [6.07, 6.45) is 8.65. The summed E-state index contributed by atoms with van der Waals surface area (Å²) in [6, 6.07) is 4.53. The van der Waals surface area contributed by atoms with Crippen molar-refractivity contribution in [2.45, 2.75) is 63.6 Å². The molecule has 2 heterocycles. The number of amides is 2. The number of hydrogen-bond donors (Lipinski definition) is 2. The van der Waals surface area contributed by atoms with Crippen LogP contribution < -0.4 is 11.1 Å². The summed E-state index contributed by atoms with van der Waals surface area (Å²) >= 11 is 7.31. The van der Waals surface area contributed by atoms with Gasteiger partial charge in [0.15, 0.2) is 0 Å². The Hall–Kier alpha value is -2.03. The zero-order valence-electron chi connectivity index (χ0n) is 17.4. The molecule has 31 heavy (non-hydrogen) atoms. The molecule has 0 bridgehead atoms. The molecule has 0 radical (unpaired) electrons. The number of likely N-dealkylation sites (tertiary alicyclic amines) is 1. The van der Waals surface area contributed by atoms with Crippen molar-refractivity contribution in [3.05, 3.63) is 35.0 Å². The summed E-state index contributed by atoms with van der Waals surface area (Å²) in [5.74, 6) is -0.00290. The largest absolute Gasteiger partial charge is 0.350 e. The van der Waals surface area contributed by atoms with Gasteiger partial charge in [0.2, 0.25) is 11.8 Å². The normalized spacial score (nSPS) is 20.6. The first-order valence-electron chi connectivity index (χ1n) is 10.9. The molecule has 1 saturated heterocycles. The Morgan fingerprint density at radius 3 is 2.77 bits per heavy atom. The Morgan fingerprint density at radius 2 is 2.03 bits per heavy atom. The van der Waals surface area contributed by atoms with Crippen molar-refractivity contribution in [2.24, 2.45) is 11.7 Å². The van der Waals surface area contributed by atoms with E-state index in [9.17, 15) is 9.59 Å². The van der Waals surface area contributed by atoms with Gasteiger partial charge >= 0.3 is 0 Å². The van der Waals surface area contributed by atoms with Crippen LogP contribution in [-0.2, 0) is 16.1 Å². The summed E-state index contributed by atoms with van der Waals surface area (Å²) in [5.41, 5.74) is 8.84. The van der Waals surface area contributed by atoms with Crippen LogP contribution in [-0.4, -0.2) is 44.1 Å². The van der Waals surface area contributed by atoms with Crippen LogP contribution in [0.3, 0.4) is 0 Å². The first kappa shape index (κ1) is 22.2. The van der Waals surface area contributed by atoms with E-state index in [4.69, 9.17) is 17.3 Å². The van der Waals surface area contributed by atoms with E-state index < -0.39 is 12.1 Å². The van der Waals surface area contributed by atoms with Crippen molar-refractivity contribution < 1.29 is 9.59 Å². The van der Waals surface area contributed by atoms with Gasteiger partial charge < -0.3 is 16.0 Å². The molecule has 4 rings (SSSR count). The topological polar surface area (TPSA) is 101 Å². The standard InChI is InChI=1S/C22H28ClN5O2S/c23-16-8-9-17(18-13-26-31-27-18)15(11-16)12-25-21(29)19-7-4-10-28(19)22(30)20(24)14-5-2-1-3-6-14/h8-9,11,13-14,19-20H,1-7,10,12,24H2,(H,25,29)/t19-,20+/m0/s1. The van der Waals surface area contributed by atoms with E-state index in [0.29, 0.717) is 24.5 Å². The van der Waals surface area contributed by atoms with E-state index in [1.54, 1.807) is 17.2 Å². The molecule has 2 aliphatic rings. The number of aromatic nitrogens is 2. The Balaban J connectivity index is 1.41. The lowest BCUT2D eigenvalue weighted by Crippen LogP contribution is -2.53. The Morgan fingerprint density at radius 1 is 1.23 bits per heavy atom. The first-order chi connectivity index (χ1) is 15.0. The third kappa shape index (κ3) is 5.07. The number of carbonyl (C=O) groups excluding carboxylic acids is 2. The minimum atomic E-state index is -0.509. The van der Waals surface area contributed by atoms with Crippen LogP contribution in [0.15, 0.2) is 24.4 Å². The summed E-state index contributed by atoms with van der Waals surface area (Å²) in [6.45, 7) is 0.893. The highest BCUT2D eigenvalue weighted by atomic mass is 35.5. The minimum absolute atomic E-state index is 0.0819. The fraction of sp³-hybridized carbons (Fsp3) is 0.545. The van der Waals surface area contributed by atoms with Gasteiger partial charge in [0.05, 0.1) is 24.0 Å².